The Morgan fingerprint density at radius 1 is 1.27 bits per heavy atom. The maximum Gasteiger partial charge on any atom is 0.157 e. The predicted molar refractivity (Wildman–Crippen MR) is 60.5 cm³/mol. The van der Waals surface area contributed by atoms with Gasteiger partial charge in [-0.3, -0.25) is 4.79 Å². The number of carbonyl (C=O) groups is 1. The van der Waals surface area contributed by atoms with E-state index in [9.17, 15) is 4.79 Å². The molecule has 2 rings (SSSR count). The van der Waals surface area contributed by atoms with Crippen LogP contribution in [0.2, 0.25) is 5.02 Å². The zero-order valence-corrected chi connectivity index (χ0v) is 8.70. The molecule has 15 heavy (non-hydrogen) atoms. The van der Waals surface area contributed by atoms with E-state index in [-0.39, 0.29) is 6.61 Å². The lowest BCUT2D eigenvalue weighted by Crippen LogP contribution is -1.97. The van der Waals surface area contributed by atoms with Crippen LogP contribution in [-0.4, -0.2) is 12.9 Å². The summed E-state index contributed by atoms with van der Waals surface area (Å²) in [6.07, 6.45) is 0.719. The van der Waals surface area contributed by atoms with Crippen LogP contribution in [0.1, 0.15) is 0 Å². The molecule has 0 bridgehead atoms. The number of hydrogen-bond donors (Lipinski definition) is 0. The van der Waals surface area contributed by atoms with Gasteiger partial charge in [0, 0.05) is 10.4 Å². The molecule has 76 valence electrons. The number of rotatable bonds is 3. The average Bonchev–Trinajstić information content (AvgIpc) is 2.27. The van der Waals surface area contributed by atoms with E-state index in [0.29, 0.717) is 10.8 Å². The van der Waals surface area contributed by atoms with Crippen LogP contribution in [0.5, 0.6) is 5.75 Å². The Morgan fingerprint density at radius 3 is 2.93 bits per heavy atom. The third kappa shape index (κ3) is 2.10. The molecule has 0 fully saturated rings. The second-order valence-corrected chi connectivity index (χ2v) is 3.51. The molecular formula is C12H9ClO2. The highest BCUT2D eigenvalue weighted by molar-refractivity contribution is 6.35. The quantitative estimate of drug-likeness (QED) is 0.744. The summed E-state index contributed by atoms with van der Waals surface area (Å²) in [6.45, 7) is 0.0654. The zero-order valence-electron chi connectivity index (χ0n) is 7.94. The standard InChI is InChI=1S/C12H9ClO2/c13-12-3-1-2-9-4-5-10(8-11(9)12)15-7-6-14/h1-6,8H,7H2. The van der Waals surface area contributed by atoms with Gasteiger partial charge in [0.15, 0.2) is 6.29 Å². The maximum atomic E-state index is 10.2. The van der Waals surface area contributed by atoms with Crippen LogP contribution in [0.3, 0.4) is 0 Å². The van der Waals surface area contributed by atoms with Gasteiger partial charge in [0.2, 0.25) is 0 Å². The highest BCUT2D eigenvalue weighted by Crippen LogP contribution is 2.26. The molecule has 0 aliphatic carbocycles. The number of benzene rings is 2. The highest BCUT2D eigenvalue weighted by atomic mass is 35.5. The fourth-order valence-corrected chi connectivity index (χ4v) is 1.67. The third-order valence-corrected chi connectivity index (χ3v) is 2.45. The zero-order chi connectivity index (χ0) is 10.7. The number of hydrogen-bond acceptors (Lipinski definition) is 2. The molecule has 0 aromatic heterocycles. The molecule has 0 atom stereocenters. The van der Waals surface area contributed by atoms with Gasteiger partial charge in [0.05, 0.1) is 0 Å². The first-order chi connectivity index (χ1) is 7.31. The number of ether oxygens (including phenoxy) is 1. The van der Waals surface area contributed by atoms with Crippen LogP contribution in [0.25, 0.3) is 10.8 Å². The van der Waals surface area contributed by atoms with Gasteiger partial charge in [-0.25, -0.2) is 0 Å². The largest absolute Gasteiger partial charge is 0.486 e. The van der Waals surface area contributed by atoms with Crippen molar-refractivity contribution in [2.75, 3.05) is 6.61 Å². The SMILES string of the molecule is O=CCOc1ccc2cccc(Cl)c2c1. The van der Waals surface area contributed by atoms with E-state index in [1.807, 2.05) is 36.4 Å². The molecule has 0 heterocycles. The van der Waals surface area contributed by atoms with Crippen molar-refractivity contribution in [3.05, 3.63) is 41.4 Å². The minimum atomic E-state index is 0.0654. The average molecular weight is 221 g/mol. The summed E-state index contributed by atoms with van der Waals surface area (Å²) in [4.78, 5) is 10.2. The molecule has 0 N–H and O–H groups in total. The van der Waals surface area contributed by atoms with E-state index in [1.165, 1.54) is 0 Å². The van der Waals surface area contributed by atoms with Crippen LogP contribution in [0, 0.1) is 0 Å². The Morgan fingerprint density at radius 2 is 2.13 bits per heavy atom. The number of fused-ring (bicyclic) bond motifs is 1. The van der Waals surface area contributed by atoms with E-state index in [4.69, 9.17) is 16.3 Å². The minimum Gasteiger partial charge on any atom is -0.486 e. The number of halogens is 1. The molecule has 0 saturated heterocycles. The van der Waals surface area contributed by atoms with Crippen molar-refractivity contribution in [2.24, 2.45) is 0 Å². The van der Waals surface area contributed by atoms with E-state index in [2.05, 4.69) is 0 Å². The van der Waals surface area contributed by atoms with Crippen molar-refractivity contribution < 1.29 is 9.53 Å². The molecule has 2 aromatic rings. The van der Waals surface area contributed by atoms with Crippen molar-refractivity contribution in [3.63, 3.8) is 0 Å². The first kappa shape index (κ1) is 9.99. The summed E-state index contributed by atoms with van der Waals surface area (Å²) in [5.74, 6) is 0.655. The molecule has 0 saturated carbocycles. The van der Waals surface area contributed by atoms with E-state index in [1.54, 1.807) is 0 Å². The second-order valence-electron chi connectivity index (χ2n) is 3.10. The fourth-order valence-electron chi connectivity index (χ4n) is 1.43. The monoisotopic (exact) mass is 220 g/mol. The van der Waals surface area contributed by atoms with Gasteiger partial charge in [-0.2, -0.15) is 0 Å². The Hall–Kier alpha value is -1.54. The minimum absolute atomic E-state index is 0.0654. The lowest BCUT2D eigenvalue weighted by molar-refractivity contribution is -0.109. The molecule has 0 amide bonds. The van der Waals surface area contributed by atoms with Gasteiger partial charge in [0.25, 0.3) is 0 Å². The summed E-state index contributed by atoms with van der Waals surface area (Å²) in [5, 5.41) is 2.67. The molecular weight excluding hydrogens is 212 g/mol. The van der Waals surface area contributed by atoms with Gasteiger partial charge >= 0.3 is 0 Å². The maximum absolute atomic E-state index is 10.2. The predicted octanol–water partition coefficient (Wildman–Crippen LogP) is 3.07. The van der Waals surface area contributed by atoms with Crippen LogP contribution >= 0.6 is 11.6 Å². The van der Waals surface area contributed by atoms with Crippen molar-refractivity contribution in [2.45, 2.75) is 0 Å². The van der Waals surface area contributed by atoms with Crippen LogP contribution in [0.15, 0.2) is 36.4 Å². The van der Waals surface area contributed by atoms with Crippen molar-refractivity contribution in [1.29, 1.82) is 0 Å². The molecule has 0 aliphatic heterocycles. The van der Waals surface area contributed by atoms with Crippen molar-refractivity contribution >= 4 is 28.7 Å². The van der Waals surface area contributed by atoms with E-state index >= 15 is 0 Å². The smallest absolute Gasteiger partial charge is 0.157 e. The summed E-state index contributed by atoms with van der Waals surface area (Å²) < 4.78 is 5.19. The summed E-state index contributed by atoms with van der Waals surface area (Å²) >= 11 is 6.04. The van der Waals surface area contributed by atoms with Crippen molar-refractivity contribution in [1.82, 2.24) is 0 Å². The summed E-state index contributed by atoms with van der Waals surface area (Å²) in [6, 6.07) is 11.3. The molecule has 3 heteroatoms. The van der Waals surface area contributed by atoms with Gasteiger partial charge in [-0.15, -0.1) is 0 Å². The molecule has 0 unspecified atom stereocenters. The normalized spacial score (nSPS) is 10.2. The van der Waals surface area contributed by atoms with E-state index < -0.39 is 0 Å². The van der Waals surface area contributed by atoms with Gasteiger partial charge in [-0.1, -0.05) is 29.8 Å². The summed E-state index contributed by atoms with van der Waals surface area (Å²) in [5.41, 5.74) is 0. The van der Waals surface area contributed by atoms with Crippen LogP contribution < -0.4 is 4.74 Å². The lowest BCUT2D eigenvalue weighted by atomic mass is 10.1. The molecule has 2 aromatic carbocycles. The third-order valence-electron chi connectivity index (χ3n) is 2.12. The highest BCUT2D eigenvalue weighted by Gasteiger charge is 2.00. The first-order valence-electron chi connectivity index (χ1n) is 4.56. The van der Waals surface area contributed by atoms with Gasteiger partial charge in [-0.05, 0) is 23.6 Å². The summed E-state index contributed by atoms with van der Waals surface area (Å²) in [7, 11) is 0. The second kappa shape index (κ2) is 4.32. The number of aldehydes is 1. The molecule has 2 nitrogen and oxygen atoms in total. The van der Waals surface area contributed by atoms with Crippen LogP contribution in [-0.2, 0) is 4.79 Å². The molecule has 0 spiro atoms. The molecule has 0 aliphatic rings. The topological polar surface area (TPSA) is 26.3 Å². The lowest BCUT2D eigenvalue weighted by Gasteiger charge is -2.05. The fraction of sp³-hybridized carbons (Fsp3) is 0.0833. The molecule has 0 radical (unpaired) electrons. The Balaban J connectivity index is 2.45. The van der Waals surface area contributed by atoms with Crippen LogP contribution in [0.4, 0.5) is 0 Å². The Labute approximate surface area is 92.4 Å². The number of carbonyl (C=O) groups excluding carboxylic acids is 1. The van der Waals surface area contributed by atoms with E-state index in [0.717, 1.165) is 17.1 Å². The Kier molecular flexibility index (Phi) is 2.88. The first-order valence-corrected chi connectivity index (χ1v) is 4.94. The van der Waals surface area contributed by atoms with Gasteiger partial charge < -0.3 is 4.74 Å². The Bertz CT molecular complexity index is 494. The van der Waals surface area contributed by atoms with Gasteiger partial charge in [0.1, 0.15) is 12.4 Å². The van der Waals surface area contributed by atoms with Crippen molar-refractivity contribution in [3.8, 4) is 5.75 Å².